The minimum Gasteiger partial charge on any atom is -0.383 e. The molecule has 4 rings (SSSR count). The van der Waals surface area contributed by atoms with Gasteiger partial charge < -0.3 is 10.5 Å². The van der Waals surface area contributed by atoms with E-state index < -0.39 is 0 Å². The van der Waals surface area contributed by atoms with Crippen molar-refractivity contribution in [1.82, 2.24) is 29.5 Å². The van der Waals surface area contributed by atoms with E-state index in [9.17, 15) is 0 Å². The van der Waals surface area contributed by atoms with Crippen molar-refractivity contribution in [3.8, 4) is 11.4 Å². The Morgan fingerprint density at radius 3 is 2.85 bits per heavy atom. The number of fused-ring (bicyclic) bond motifs is 1. The van der Waals surface area contributed by atoms with E-state index in [0.717, 1.165) is 54.0 Å². The molecule has 136 valence electrons. The van der Waals surface area contributed by atoms with Crippen molar-refractivity contribution in [2.45, 2.75) is 45.4 Å². The van der Waals surface area contributed by atoms with Crippen molar-refractivity contribution >= 4 is 22.9 Å². The van der Waals surface area contributed by atoms with Gasteiger partial charge in [-0.3, -0.25) is 0 Å². The highest BCUT2D eigenvalue weighted by Crippen LogP contribution is 2.35. The fourth-order valence-electron chi connectivity index (χ4n) is 3.36. The summed E-state index contributed by atoms with van der Waals surface area (Å²) in [6.07, 6.45) is 6.19. The molecule has 0 aromatic carbocycles. The highest BCUT2D eigenvalue weighted by atomic mass is 16.5. The molecule has 1 unspecified atom stereocenters. The van der Waals surface area contributed by atoms with Gasteiger partial charge in [-0.25, -0.2) is 19.3 Å². The third kappa shape index (κ3) is 2.66. The van der Waals surface area contributed by atoms with Crippen LogP contribution in [0, 0.1) is 0 Å². The second kappa shape index (κ2) is 6.53. The third-order valence-corrected chi connectivity index (χ3v) is 4.64. The van der Waals surface area contributed by atoms with Crippen LogP contribution in [0.3, 0.4) is 0 Å². The monoisotopic (exact) mass is 353 g/mol. The predicted octanol–water partition coefficient (Wildman–Crippen LogP) is 3.20. The van der Waals surface area contributed by atoms with Gasteiger partial charge >= 0.3 is 0 Å². The van der Waals surface area contributed by atoms with Gasteiger partial charge in [-0.15, -0.1) is 0 Å². The van der Waals surface area contributed by atoms with Gasteiger partial charge in [-0.2, -0.15) is 10.2 Å². The van der Waals surface area contributed by atoms with Crippen molar-refractivity contribution in [1.29, 1.82) is 0 Å². The zero-order valence-electron chi connectivity index (χ0n) is 15.1. The van der Waals surface area contributed by atoms with Gasteiger partial charge in [0.25, 0.3) is 0 Å². The molecule has 1 saturated heterocycles. The van der Waals surface area contributed by atoms with Crippen molar-refractivity contribution in [2.24, 2.45) is 0 Å². The molecule has 1 fully saturated rings. The number of rotatable bonds is 4. The first-order valence-electron chi connectivity index (χ1n) is 8.92. The molecule has 0 aliphatic carbocycles. The van der Waals surface area contributed by atoms with E-state index in [1.54, 1.807) is 6.08 Å². The van der Waals surface area contributed by atoms with Gasteiger partial charge in [0, 0.05) is 12.6 Å². The molecule has 0 spiro atoms. The largest absolute Gasteiger partial charge is 0.383 e. The van der Waals surface area contributed by atoms with E-state index in [1.165, 1.54) is 6.33 Å². The number of hydrogen-bond donors (Lipinski definition) is 1. The summed E-state index contributed by atoms with van der Waals surface area (Å²) in [6, 6.07) is 2.10. The Morgan fingerprint density at radius 2 is 2.15 bits per heavy atom. The summed E-state index contributed by atoms with van der Waals surface area (Å²) in [5.41, 5.74) is 9.26. The molecule has 1 aliphatic heterocycles. The van der Waals surface area contributed by atoms with Crippen LogP contribution < -0.4 is 5.73 Å². The van der Waals surface area contributed by atoms with E-state index in [0.29, 0.717) is 5.82 Å². The molecule has 1 atom stereocenters. The van der Waals surface area contributed by atoms with Crippen molar-refractivity contribution < 1.29 is 4.74 Å². The molecule has 0 radical (unpaired) electrons. The summed E-state index contributed by atoms with van der Waals surface area (Å²) in [7, 11) is 0. The second-order valence-corrected chi connectivity index (χ2v) is 6.77. The highest BCUT2D eigenvalue weighted by Gasteiger charge is 2.26. The van der Waals surface area contributed by atoms with Crippen molar-refractivity contribution in [3.63, 3.8) is 0 Å². The van der Waals surface area contributed by atoms with Gasteiger partial charge in [0.2, 0.25) is 0 Å². The Labute approximate surface area is 151 Å². The third-order valence-electron chi connectivity index (χ3n) is 4.64. The fraction of sp³-hybridized carbons (Fsp3) is 0.444. The molecule has 0 amide bonds. The Balaban J connectivity index is 1.95. The maximum atomic E-state index is 6.19. The quantitative estimate of drug-likeness (QED) is 0.774. The van der Waals surface area contributed by atoms with Gasteiger partial charge in [0.15, 0.2) is 11.9 Å². The van der Waals surface area contributed by atoms with E-state index in [1.807, 2.05) is 15.4 Å². The van der Waals surface area contributed by atoms with Crippen LogP contribution in [0.25, 0.3) is 28.5 Å². The van der Waals surface area contributed by atoms with Crippen LogP contribution in [-0.2, 0) is 4.74 Å². The first kappa shape index (κ1) is 16.7. The lowest BCUT2D eigenvalue weighted by atomic mass is 10.1. The Bertz CT molecular complexity index is 950. The van der Waals surface area contributed by atoms with E-state index >= 15 is 0 Å². The molecule has 26 heavy (non-hydrogen) atoms. The van der Waals surface area contributed by atoms with Crippen LogP contribution in [0.2, 0.25) is 0 Å². The summed E-state index contributed by atoms with van der Waals surface area (Å²) in [5, 5.41) is 10.2. The van der Waals surface area contributed by atoms with Crippen molar-refractivity contribution in [2.75, 3.05) is 12.3 Å². The van der Waals surface area contributed by atoms with Crippen LogP contribution in [0.15, 0.2) is 19.0 Å². The fourth-order valence-corrected chi connectivity index (χ4v) is 3.36. The van der Waals surface area contributed by atoms with E-state index in [4.69, 9.17) is 15.6 Å². The zero-order chi connectivity index (χ0) is 18.3. The number of nitrogens with two attached hydrogens (primary N) is 1. The molecule has 8 nitrogen and oxygen atoms in total. The topological polar surface area (TPSA) is 96.7 Å². The van der Waals surface area contributed by atoms with Crippen LogP contribution in [0.1, 0.15) is 51.1 Å². The lowest BCUT2D eigenvalue weighted by molar-refractivity contribution is -0.0384. The standard InChI is InChI=1S/C18H23N7O/c1-4-12-9-13(25(22-12)14-7-5-6-8-26-14)16-15-17(19)20-10-21-18(15)24(23-16)11(2)3/h4,9-11,14H,1,5-8H2,2-3H3,(H2,19,20,21). The van der Waals surface area contributed by atoms with Gasteiger partial charge in [-0.05, 0) is 45.3 Å². The predicted molar refractivity (Wildman–Crippen MR) is 100 cm³/mol. The summed E-state index contributed by atoms with van der Waals surface area (Å²) in [5.74, 6) is 0.411. The number of ether oxygens (including phenoxy) is 1. The zero-order valence-corrected chi connectivity index (χ0v) is 15.1. The first-order valence-corrected chi connectivity index (χ1v) is 8.92. The molecule has 3 aromatic heterocycles. The molecular weight excluding hydrogens is 330 g/mol. The minimum absolute atomic E-state index is 0.113. The number of aromatic nitrogens is 6. The Kier molecular flexibility index (Phi) is 4.20. The molecule has 0 saturated carbocycles. The molecule has 2 N–H and O–H groups in total. The molecule has 3 aromatic rings. The SMILES string of the molecule is C=Cc1cc(-c2nn(C(C)C)c3ncnc(N)c23)n(C2CCCCO2)n1. The highest BCUT2D eigenvalue weighted by molar-refractivity contribution is 5.97. The van der Waals surface area contributed by atoms with E-state index in [-0.39, 0.29) is 12.3 Å². The van der Waals surface area contributed by atoms with Gasteiger partial charge in [0.1, 0.15) is 17.8 Å². The second-order valence-electron chi connectivity index (χ2n) is 6.77. The molecule has 0 bridgehead atoms. The van der Waals surface area contributed by atoms with Gasteiger partial charge in [0.05, 0.1) is 16.8 Å². The Morgan fingerprint density at radius 1 is 1.31 bits per heavy atom. The summed E-state index contributed by atoms with van der Waals surface area (Å²) < 4.78 is 9.72. The van der Waals surface area contributed by atoms with Crippen LogP contribution in [0.5, 0.6) is 0 Å². The average molecular weight is 353 g/mol. The molecular formula is C18H23N7O. The normalized spacial score (nSPS) is 17.9. The minimum atomic E-state index is -0.113. The van der Waals surface area contributed by atoms with Crippen LogP contribution in [-0.4, -0.2) is 36.1 Å². The Hall–Kier alpha value is -2.74. The summed E-state index contributed by atoms with van der Waals surface area (Å²) in [4.78, 5) is 8.57. The van der Waals surface area contributed by atoms with Crippen LogP contribution in [0.4, 0.5) is 5.82 Å². The maximum Gasteiger partial charge on any atom is 0.164 e. The lowest BCUT2D eigenvalue weighted by Crippen LogP contribution is -2.20. The molecule has 4 heterocycles. The smallest absolute Gasteiger partial charge is 0.164 e. The first-order chi connectivity index (χ1) is 12.6. The maximum absolute atomic E-state index is 6.19. The average Bonchev–Trinajstić information content (AvgIpc) is 3.24. The molecule has 1 aliphatic rings. The number of nitrogen functional groups attached to an aromatic ring is 1. The van der Waals surface area contributed by atoms with E-state index in [2.05, 4.69) is 35.5 Å². The summed E-state index contributed by atoms with van der Waals surface area (Å²) >= 11 is 0. The van der Waals surface area contributed by atoms with Crippen LogP contribution >= 0.6 is 0 Å². The number of hydrogen-bond acceptors (Lipinski definition) is 6. The molecule has 8 heteroatoms. The summed E-state index contributed by atoms with van der Waals surface area (Å²) in [6.45, 7) is 8.70. The van der Waals surface area contributed by atoms with Gasteiger partial charge in [-0.1, -0.05) is 6.58 Å². The number of nitrogens with zero attached hydrogens (tertiary/aromatic N) is 6. The number of anilines is 1. The van der Waals surface area contributed by atoms with Crippen molar-refractivity contribution in [3.05, 3.63) is 24.7 Å². The lowest BCUT2D eigenvalue weighted by Gasteiger charge is -2.24.